The van der Waals surface area contributed by atoms with Gasteiger partial charge in [0, 0.05) is 18.0 Å². The van der Waals surface area contributed by atoms with Crippen LogP contribution in [0.15, 0.2) is 36.4 Å². The number of alkyl halides is 9. The maximum Gasteiger partial charge on any atom is 0.573 e. The molecule has 264 valence electrons. The van der Waals surface area contributed by atoms with Gasteiger partial charge in [-0.15, -0.1) is 13.2 Å². The van der Waals surface area contributed by atoms with Gasteiger partial charge in [-0.2, -0.15) is 26.3 Å². The topological polar surface area (TPSA) is 94.2 Å². The van der Waals surface area contributed by atoms with Gasteiger partial charge in [0.05, 0.1) is 30.3 Å². The molecule has 1 saturated carbocycles. The molecule has 0 bridgehead atoms. The average Bonchev–Trinajstić information content (AvgIpc) is 3.25. The molecule has 2 amide bonds. The zero-order valence-electron chi connectivity index (χ0n) is 25.5. The molecule has 8 nitrogen and oxygen atoms in total. The number of hydrogen-bond donors (Lipinski definition) is 1. The van der Waals surface area contributed by atoms with Crippen LogP contribution in [0, 0.1) is 11.8 Å². The maximum atomic E-state index is 13.5. The summed E-state index contributed by atoms with van der Waals surface area (Å²) in [6, 6.07) is 2.53. The van der Waals surface area contributed by atoms with E-state index in [1.807, 2.05) is 0 Å². The number of esters is 1. The van der Waals surface area contributed by atoms with E-state index >= 15 is 0 Å². The Balaban J connectivity index is 1.57. The van der Waals surface area contributed by atoms with Gasteiger partial charge in [0.25, 0.3) is 0 Å². The normalized spacial score (nSPS) is 21.9. The van der Waals surface area contributed by atoms with Crippen LogP contribution in [-0.2, 0) is 38.0 Å². The van der Waals surface area contributed by atoms with Crippen molar-refractivity contribution in [2.75, 3.05) is 11.9 Å². The minimum Gasteiger partial charge on any atom is -0.466 e. The predicted molar refractivity (Wildman–Crippen MR) is 149 cm³/mol. The van der Waals surface area contributed by atoms with Crippen molar-refractivity contribution in [3.05, 3.63) is 58.7 Å². The fraction of sp³-hybridized carbons (Fsp3) is 0.516. The third-order valence-corrected chi connectivity index (χ3v) is 8.22. The van der Waals surface area contributed by atoms with E-state index < -0.39 is 77.8 Å². The van der Waals surface area contributed by atoms with Crippen LogP contribution in [0.1, 0.15) is 74.3 Å². The van der Waals surface area contributed by atoms with E-state index in [9.17, 15) is 53.9 Å². The van der Waals surface area contributed by atoms with Crippen LogP contribution >= 0.6 is 0 Å². The maximum absolute atomic E-state index is 13.5. The third-order valence-electron chi connectivity index (χ3n) is 8.22. The number of amides is 2. The number of anilines is 1. The van der Waals surface area contributed by atoms with Gasteiger partial charge in [0.2, 0.25) is 5.91 Å². The van der Waals surface area contributed by atoms with Crippen molar-refractivity contribution in [1.82, 2.24) is 4.90 Å². The fourth-order valence-corrected chi connectivity index (χ4v) is 5.83. The van der Waals surface area contributed by atoms with Crippen molar-refractivity contribution < 1.29 is 68.1 Å². The number of ether oxygens (including phenoxy) is 3. The Kier molecular flexibility index (Phi) is 10.8. The summed E-state index contributed by atoms with van der Waals surface area (Å²) in [7, 11) is 0. The summed E-state index contributed by atoms with van der Waals surface area (Å²) in [4.78, 5) is 38.8. The fourth-order valence-electron chi connectivity index (χ4n) is 5.83. The van der Waals surface area contributed by atoms with Gasteiger partial charge in [0.15, 0.2) is 0 Å². The molecule has 1 aliphatic carbocycles. The highest BCUT2D eigenvalue weighted by Crippen LogP contribution is 2.42. The molecule has 0 radical (unpaired) electrons. The number of hydrogen-bond acceptors (Lipinski definition) is 6. The molecule has 1 saturated heterocycles. The Hall–Kier alpha value is -4.18. The third kappa shape index (κ3) is 9.24. The molecule has 0 unspecified atom stereocenters. The number of carbonyl (C=O) groups is 3. The first-order valence-corrected chi connectivity index (χ1v) is 14.9. The molecule has 2 atom stereocenters. The van der Waals surface area contributed by atoms with Crippen LogP contribution in [0.4, 0.5) is 50.0 Å². The highest BCUT2D eigenvalue weighted by Gasteiger charge is 2.44. The first-order chi connectivity index (χ1) is 22.2. The highest BCUT2D eigenvalue weighted by atomic mass is 19.4. The number of halogens is 9. The molecule has 17 heteroatoms. The number of benzene rings is 2. The Morgan fingerprint density at radius 2 is 1.52 bits per heavy atom. The minimum absolute atomic E-state index is 0.00921. The highest BCUT2D eigenvalue weighted by molar-refractivity contribution is 5.93. The Bertz CT molecular complexity index is 1470. The van der Waals surface area contributed by atoms with E-state index in [1.54, 1.807) is 6.92 Å². The molecule has 0 aromatic heterocycles. The molecule has 1 heterocycles. The van der Waals surface area contributed by atoms with Gasteiger partial charge in [-0.25, -0.2) is 4.79 Å². The summed E-state index contributed by atoms with van der Waals surface area (Å²) in [5.41, 5.74) is -3.92. The van der Waals surface area contributed by atoms with Crippen LogP contribution in [0.25, 0.3) is 0 Å². The molecule has 2 aromatic carbocycles. The second kappa shape index (κ2) is 14.1. The second-order valence-electron chi connectivity index (χ2n) is 11.6. The van der Waals surface area contributed by atoms with E-state index in [4.69, 9.17) is 9.47 Å². The van der Waals surface area contributed by atoms with Gasteiger partial charge in [-0.1, -0.05) is 0 Å². The van der Waals surface area contributed by atoms with Crippen LogP contribution in [0.5, 0.6) is 5.75 Å². The van der Waals surface area contributed by atoms with Crippen molar-refractivity contribution in [2.45, 2.75) is 83.4 Å². The molecule has 1 aliphatic heterocycles. The molecule has 2 fully saturated rings. The molecular weight excluding hydrogens is 667 g/mol. The van der Waals surface area contributed by atoms with Crippen LogP contribution < -0.4 is 10.1 Å². The van der Waals surface area contributed by atoms with Gasteiger partial charge < -0.3 is 19.5 Å². The zero-order chi connectivity index (χ0) is 35.6. The number of carbonyl (C=O) groups excluding carboxylic acids is 3. The second-order valence-corrected chi connectivity index (χ2v) is 11.6. The Labute approximate surface area is 268 Å². The quantitative estimate of drug-likeness (QED) is 0.209. The summed E-state index contributed by atoms with van der Waals surface area (Å²) in [6.45, 7) is 2.65. The zero-order valence-corrected chi connectivity index (χ0v) is 25.5. The molecule has 2 aromatic rings. The summed E-state index contributed by atoms with van der Waals surface area (Å²) >= 11 is 0. The van der Waals surface area contributed by atoms with Crippen molar-refractivity contribution in [3.8, 4) is 5.75 Å². The van der Waals surface area contributed by atoms with Gasteiger partial charge in [-0.05, 0) is 93.0 Å². The number of rotatable bonds is 9. The van der Waals surface area contributed by atoms with Crippen molar-refractivity contribution in [3.63, 3.8) is 0 Å². The number of nitrogens with one attached hydrogen (secondary N) is 1. The van der Waals surface area contributed by atoms with Crippen molar-refractivity contribution in [1.29, 1.82) is 0 Å². The SMILES string of the molecule is CCOC(=O)C[C@H]1CC[C@H](C(=O)Nc2ccc(OC(F)(F)F)cc2CN2C(=O)O[C@H](c3cc(C(F)(F)F)cc(C(F)(F)F)c3)[C@@H]2C)CC1. The summed E-state index contributed by atoms with van der Waals surface area (Å²) < 4.78 is 134. The smallest absolute Gasteiger partial charge is 0.466 e. The van der Waals surface area contributed by atoms with E-state index in [2.05, 4.69) is 10.1 Å². The lowest BCUT2D eigenvalue weighted by Crippen LogP contribution is -2.32. The molecule has 4 rings (SSSR count). The van der Waals surface area contributed by atoms with Gasteiger partial charge >= 0.3 is 30.8 Å². The first-order valence-electron chi connectivity index (χ1n) is 14.9. The van der Waals surface area contributed by atoms with E-state index in [-0.39, 0.29) is 42.2 Å². The first kappa shape index (κ1) is 36.7. The predicted octanol–water partition coefficient (Wildman–Crippen LogP) is 8.40. The van der Waals surface area contributed by atoms with Crippen LogP contribution in [-0.4, -0.2) is 41.9 Å². The van der Waals surface area contributed by atoms with Crippen LogP contribution in [0.3, 0.4) is 0 Å². The Morgan fingerprint density at radius 1 is 0.917 bits per heavy atom. The molecule has 1 N–H and O–H groups in total. The molecule has 2 aliphatic rings. The van der Waals surface area contributed by atoms with Crippen LogP contribution in [0.2, 0.25) is 0 Å². The van der Waals surface area contributed by atoms with Crippen molar-refractivity contribution >= 4 is 23.7 Å². The largest absolute Gasteiger partial charge is 0.573 e. The monoisotopic (exact) mass is 698 g/mol. The Morgan fingerprint density at radius 3 is 2.06 bits per heavy atom. The van der Waals surface area contributed by atoms with Gasteiger partial charge in [0.1, 0.15) is 11.9 Å². The molecule has 48 heavy (non-hydrogen) atoms. The average molecular weight is 699 g/mol. The van der Waals surface area contributed by atoms with E-state index in [0.717, 1.165) is 23.1 Å². The molecule has 0 spiro atoms. The van der Waals surface area contributed by atoms with Crippen molar-refractivity contribution in [2.24, 2.45) is 11.8 Å². The standard InChI is InChI=1S/C31H31F9N2O6/c1-3-46-25(43)10-17-4-6-18(7-5-17)27(44)41-24-9-8-23(48-31(38,39)40)13-20(24)15-42-16(2)26(47-28(42)45)19-11-21(29(32,33)34)14-22(12-19)30(35,36)37/h8-9,11-14,16-18,26H,3-7,10,15H2,1-2H3,(H,41,44)/t16-,17-,18-,26-/m0/s1. The lowest BCUT2D eigenvalue weighted by atomic mass is 9.80. The number of nitrogens with zero attached hydrogens (tertiary/aromatic N) is 1. The summed E-state index contributed by atoms with van der Waals surface area (Å²) in [6.07, 6.45) is -16.1. The van der Waals surface area contributed by atoms with E-state index in [0.29, 0.717) is 37.8 Å². The number of cyclic esters (lactones) is 1. The minimum atomic E-state index is -5.16. The van der Waals surface area contributed by atoms with E-state index in [1.165, 1.54) is 6.92 Å². The van der Waals surface area contributed by atoms with Gasteiger partial charge in [-0.3, -0.25) is 14.5 Å². The summed E-state index contributed by atoms with van der Waals surface area (Å²) in [5, 5.41) is 2.64. The lowest BCUT2D eigenvalue weighted by molar-refractivity contribution is -0.274. The lowest BCUT2D eigenvalue weighted by Gasteiger charge is -2.28. The summed E-state index contributed by atoms with van der Waals surface area (Å²) in [5.74, 6) is -2.02. The molecular formula is C31H31F9N2O6.